The smallest absolute Gasteiger partial charge is 0.201 e. The van der Waals surface area contributed by atoms with Crippen LogP contribution in [0, 0.1) is 5.71 Å². The van der Waals surface area contributed by atoms with Crippen LogP contribution in [0.3, 0.4) is 0 Å². The zero-order valence-electron chi connectivity index (χ0n) is 5.91. The van der Waals surface area contributed by atoms with Crippen LogP contribution in [0.1, 0.15) is 6.92 Å². The Bertz CT molecular complexity index is 365. The fourth-order valence-electron chi connectivity index (χ4n) is 1.16. The zero-order chi connectivity index (χ0) is 6.97. The van der Waals surface area contributed by atoms with Crippen molar-refractivity contribution >= 4 is 0 Å². The topological polar surface area (TPSA) is 18.3 Å². The molecule has 0 fully saturated rings. The second kappa shape index (κ2) is 1.90. The highest BCUT2D eigenvalue weighted by molar-refractivity contribution is 4.87. The Morgan fingerprint density at radius 3 is 3.20 bits per heavy atom. The molecule has 0 amide bonds. The van der Waals surface area contributed by atoms with Gasteiger partial charge in [-0.25, -0.2) is 4.24 Å². The molecule has 0 aliphatic carbocycles. The minimum absolute atomic E-state index is 0.851. The molecule has 0 bridgehead atoms. The number of aromatic nitrogens is 1. The molecule has 0 atom stereocenters. The van der Waals surface area contributed by atoms with Crippen molar-refractivity contribution in [1.82, 2.24) is 0 Å². The van der Waals surface area contributed by atoms with Gasteiger partial charge in [-0.1, -0.05) is 11.1 Å². The Morgan fingerprint density at radius 1 is 1.50 bits per heavy atom. The molecule has 0 radical (unpaired) electrons. The van der Waals surface area contributed by atoms with Gasteiger partial charge < -0.3 is 0 Å². The van der Waals surface area contributed by atoms with Gasteiger partial charge in [-0.2, -0.15) is 0 Å². The average Bonchev–Trinajstić information content (AvgIpc) is 2.34. The van der Waals surface area contributed by atoms with Gasteiger partial charge >= 0.3 is 5.49 Å². The molecule has 0 saturated heterocycles. The molecular formula is C8H9N2+. The third kappa shape index (κ3) is 0.652. The lowest BCUT2D eigenvalue weighted by Gasteiger charge is -1.79. The van der Waals surface area contributed by atoms with Crippen LogP contribution in [0.4, 0.5) is 0 Å². The van der Waals surface area contributed by atoms with E-state index in [0.717, 1.165) is 12.0 Å². The van der Waals surface area contributed by atoms with Crippen LogP contribution < -0.4 is 9.73 Å². The van der Waals surface area contributed by atoms with Crippen LogP contribution in [0.5, 0.6) is 0 Å². The van der Waals surface area contributed by atoms with Gasteiger partial charge in [0, 0.05) is 6.07 Å². The second-order valence-electron chi connectivity index (χ2n) is 2.48. The van der Waals surface area contributed by atoms with Crippen molar-refractivity contribution in [2.75, 3.05) is 6.54 Å². The molecule has 10 heavy (non-hydrogen) atoms. The molecule has 2 rings (SSSR count). The molecule has 2 heterocycles. The summed E-state index contributed by atoms with van der Waals surface area (Å²) in [6.07, 6.45) is 2.04. The van der Waals surface area contributed by atoms with Crippen LogP contribution in [-0.4, -0.2) is 6.54 Å². The molecule has 2 heteroatoms. The predicted octanol–water partition coefficient (Wildman–Crippen LogP) is 0.00729. The summed E-state index contributed by atoms with van der Waals surface area (Å²) in [6, 6.07) is 6.05. The Labute approximate surface area is 59.2 Å². The highest BCUT2D eigenvalue weighted by Gasteiger charge is 2.08. The molecule has 1 aromatic rings. The molecule has 0 N–H and O–H groups in total. The molecule has 0 spiro atoms. The van der Waals surface area contributed by atoms with Crippen molar-refractivity contribution < 1.29 is 4.24 Å². The summed E-state index contributed by atoms with van der Waals surface area (Å²) in [4.78, 5) is 4.31. The summed E-state index contributed by atoms with van der Waals surface area (Å²) in [5.41, 5.74) is 2.37. The predicted molar refractivity (Wildman–Crippen MR) is 37.0 cm³/mol. The number of hydrogen-bond acceptors (Lipinski definition) is 1. The fourth-order valence-corrected chi connectivity index (χ4v) is 1.16. The maximum Gasteiger partial charge on any atom is 0.322 e. The largest absolute Gasteiger partial charge is 0.322 e. The first-order chi connectivity index (χ1) is 4.88. The molecule has 0 saturated carbocycles. The Balaban J connectivity index is 2.96. The van der Waals surface area contributed by atoms with E-state index in [9.17, 15) is 0 Å². The Hall–Kier alpha value is -1.18. The number of rotatable bonds is 0. The van der Waals surface area contributed by atoms with Crippen molar-refractivity contribution in [2.45, 2.75) is 6.92 Å². The molecule has 1 aliphatic heterocycles. The normalized spacial score (nSPS) is 14.7. The van der Waals surface area contributed by atoms with Gasteiger partial charge in [0.05, 0.1) is 6.20 Å². The second-order valence-corrected chi connectivity index (χ2v) is 2.48. The van der Waals surface area contributed by atoms with E-state index in [1.165, 1.54) is 5.71 Å². The molecule has 2 nitrogen and oxygen atoms in total. The van der Waals surface area contributed by atoms with E-state index >= 15 is 0 Å². The number of pyridine rings is 1. The van der Waals surface area contributed by atoms with Crippen LogP contribution >= 0.6 is 0 Å². The standard InChI is InChI=1S/C8H9N2/c1-7-6-9-8-4-2-3-5-10(7)8/h2-5H,6H2,1H3/q+1. The Morgan fingerprint density at radius 2 is 2.40 bits per heavy atom. The van der Waals surface area contributed by atoms with Gasteiger partial charge in [-0.05, 0) is 13.0 Å². The van der Waals surface area contributed by atoms with Gasteiger partial charge in [0.15, 0.2) is 6.54 Å². The number of hydrogen-bond donors (Lipinski definition) is 0. The number of nitrogens with zero attached hydrogens (tertiary/aromatic N) is 2. The van der Waals surface area contributed by atoms with Crippen molar-refractivity contribution in [3.8, 4) is 0 Å². The van der Waals surface area contributed by atoms with Gasteiger partial charge in [-0.15, -0.1) is 0 Å². The summed E-state index contributed by atoms with van der Waals surface area (Å²) in [5, 5.41) is 0. The van der Waals surface area contributed by atoms with Gasteiger partial charge in [-0.3, -0.25) is 0 Å². The molecule has 50 valence electrons. The minimum atomic E-state index is 0.851. The van der Waals surface area contributed by atoms with Crippen LogP contribution in [0.15, 0.2) is 29.4 Å². The molecule has 1 aliphatic rings. The first-order valence-corrected chi connectivity index (χ1v) is 3.39. The third-order valence-electron chi connectivity index (χ3n) is 1.72. The highest BCUT2D eigenvalue weighted by atomic mass is 15.0. The SMILES string of the molecule is CC1=[n+]2ccccc2=NC1. The first kappa shape index (κ1) is 5.59. The lowest BCUT2D eigenvalue weighted by Crippen LogP contribution is -2.35. The van der Waals surface area contributed by atoms with Crippen molar-refractivity contribution in [3.63, 3.8) is 0 Å². The van der Waals surface area contributed by atoms with Gasteiger partial charge in [0.2, 0.25) is 0 Å². The lowest BCUT2D eigenvalue weighted by atomic mass is 10.4. The van der Waals surface area contributed by atoms with E-state index < -0.39 is 0 Å². The number of fused-ring (bicyclic) bond motifs is 1. The van der Waals surface area contributed by atoms with Gasteiger partial charge in [0.25, 0.3) is 0 Å². The minimum Gasteiger partial charge on any atom is -0.201 e. The first-order valence-electron chi connectivity index (χ1n) is 3.39. The lowest BCUT2D eigenvalue weighted by molar-refractivity contribution is -0.534. The summed E-state index contributed by atoms with van der Waals surface area (Å²) in [6.45, 7) is 2.95. The zero-order valence-corrected chi connectivity index (χ0v) is 5.91. The maximum absolute atomic E-state index is 4.31. The van der Waals surface area contributed by atoms with E-state index in [2.05, 4.69) is 16.2 Å². The van der Waals surface area contributed by atoms with Crippen molar-refractivity contribution in [1.29, 1.82) is 0 Å². The van der Waals surface area contributed by atoms with E-state index in [-0.39, 0.29) is 0 Å². The van der Waals surface area contributed by atoms with E-state index in [1.54, 1.807) is 0 Å². The van der Waals surface area contributed by atoms with E-state index in [4.69, 9.17) is 0 Å². The summed E-state index contributed by atoms with van der Waals surface area (Å²) >= 11 is 0. The van der Waals surface area contributed by atoms with Crippen molar-refractivity contribution in [3.05, 3.63) is 35.6 Å². The van der Waals surface area contributed by atoms with Gasteiger partial charge in [0.1, 0.15) is 5.71 Å². The Kier molecular flexibility index (Phi) is 1.07. The summed E-state index contributed by atoms with van der Waals surface area (Å²) in [7, 11) is 0. The molecule has 0 aromatic carbocycles. The maximum atomic E-state index is 4.31. The molecular weight excluding hydrogens is 124 g/mol. The van der Waals surface area contributed by atoms with Crippen molar-refractivity contribution in [2.24, 2.45) is 4.99 Å². The highest BCUT2D eigenvalue weighted by Crippen LogP contribution is 1.85. The fraction of sp³-hybridized carbons (Fsp3) is 0.250. The molecule has 0 unspecified atom stereocenters. The summed E-state index contributed by atoms with van der Waals surface area (Å²) in [5.74, 6) is 0. The summed E-state index contributed by atoms with van der Waals surface area (Å²) < 4.78 is 2.11. The van der Waals surface area contributed by atoms with Crippen LogP contribution in [0.25, 0.3) is 0 Å². The van der Waals surface area contributed by atoms with E-state index in [0.29, 0.717) is 0 Å². The monoisotopic (exact) mass is 133 g/mol. The van der Waals surface area contributed by atoms with Crippen LogP contribution in [0.2, 0.25) is 0 Å². The quantitative estimate of drug-likeness (QED) is 0.444. The molecule has 1 aromatic heterocycles. The third-order valence-corrected chi connectivity index (χ3v) is 1.72. The average molecular weight is 133 g/mol. The van der Waals surface area contributed by atoms with E-state index in [1.807, 2.05) is 24.4 Å². The van der Waals surface area contributed by atoms with Crippen LogP contribution in [-0.2, 0) is 0 Å².